The van der Waals surface area contributed by atoms with Gasteiger partial charge in [0.25, 0.3) is 0 Å². The lowest BCUT2D eigenvalue weighted by atomic mass is 10.5. The normalized spacial score (nSPS) is 10.1. The van der Waals surface area contributed by atoms with Crippen LogP contribution in [0.15, 0.2) is 4.42 Å². The highest BCUT2D eigenvalue weighted by Gasteiger charge is 2.07. The van der Waals surface area contributed by atoms with E-state index in [1.54, 1.807) is 0 Å². The lowest BCUT2D eigenvalue weighted by Crippen LogP contribution is -1.74. The first-order chi connectivity index (χ1) is 4.24. The fourth-order valence-electron chi connectivity index (χ4n) is 0.473. The van der Waals surface area contributed by atoms with E-state index in [-0.39, 0.29) is 5.15 Å². The Bertz CT molecular complexity index is 191. The summed E-state index contributed by atoms with van der Waals surface area (Å²) in [5.74, 6) is 0.331. The van der Waals surface area contributed by atoms with Crippen molar-refractivity contribution in [3.8, 4) is 0 Å². The van der Waals surface area contributed by atoms with Crippen molar-refractivity contribution < 1.29 is 8.81 Å². The van der Waals surface area contributed by atoms with Gasteiger partial charge in [-0.05, 0) is 0 Å². The molecule has 9 heavy (non-hydrogen) atoms. The summed E-state index contributed by atoms with van der Waals surface area (Å²) < 4.78 is 16.6. The zero-order valence-corrected chi connectivity index (χ0v) is 5.57. The Morgan fingerprint density at radius 3 is 2.67 bits per heavy atom. The highest BCUT2D eigenvalue weighted by Crippen LogP contribution is 2.13. The molecule has 50 valence electrons. The van der Waals surface area contributed by atoms with Crippen molar-refractivity contribution >= 4 is 11.6 Å². The van der Waals surface area contributed by atoms with E-state index in [0.29, 0.717) is 12.3 Å². The van der Waals surface area contributed by atoms with Crippen molar-refractivity contribution in [2.75, 3.05) is 0 Å². The molecule has 0 bridgehead atoms. The Morgan fingerprint density at radius 2 is 2.44 bits per heavy atom. The SMILES string of the molecule is CCc1nc(Cl)c(F)o1. The molecular weight excluding hydrogens is 145 g/mol. The molecule has 1 heterocycles. The van der Waals surface area contributed by atoms with Crippen molar-refractivity contribution in [1.82, 2.24) is 4.98 Å². The van der Waals surface area contributed by atoms with Crippen LogP contribution in [0.1, 0.15) is 12.8 Å². The molecule has 0 aliphatic rings. The fourth-order valence-corrected chi connectivity index (χ4v) is 0.606. The molecule has 4 heteroatoms. The molecule has 0 aromatic carbocycles. The fraction of sp³-hybridized carbons (Fsp3) is 0.400. The number of aryl methyl sites for hydroxylation is 1. The van der Waals surface area contributed by atoms with Crippen LogP contribution in [-0.2, 0) is 6.42 Å². The molecule has 0 unspecified atom stereocenters. The first kappa shape index (κ1) is 6.55. The van der Waals surface area contributed by atoms with Gasteiger partial charge in [-0.15, -0.1) is 0 Å². The van der Waals surface area contributed by atoms with Crippen LogP contribution in [-0.4, -0.2) is 4.98 Å². The van der Waals surface area contributed by atoms with Gasteiger partial charge in [-0.25, -0.2) is 0 Å². The average molecular weight is 150 g/mol. The highest BCUT2D eigenvalue weighted by molar-refractivity contribution is 6.29. The number of oxazole rings is 1. The molecule has 1 aromatic rings. The van der Waals surface area contributed by atoms with Gasteiger partial charge in [0.15, 0.2) is 5.89 Å². The van der Waals surface area contributed by atoms with E-state index in [4.69, 9.17) is 11.6 Å². The molecule has 0 spiro atoms. The quantitative estimate of drug-likeness (QED) is 0.611. The summed E-state index contributed by atoms with van der Waals surface area (Å²) in [7, 11) is 0. The number of rotatable bonds is 1. The number of halogens is 2. The Balaban J connectivity index is 2.98. The van der Waals surface area contributed by atoms with Crippen molar-refractivity contribution in [3.05, 3.63) is 17.1 Å². The van der Waals surface area contributed by atoms with Crippen LogP contribution in [0.3, 0.4) is 0 Å². The molecule has 0 radical (unpaired) electrons. The highest BCUT2D eigenvalue weighted by atomic mass is 35.5. The maximum absolute atomic E-state index is 12.2. The van der Waals surface area contributed by atoms with Crippen LogP contribution >= 0.6 is 11.6 Å². The molecule has 2 nitrogen and oxygen atoms in total. The minimum Gasteiger partial charge on any atom is -0.414 e. The van der Waals surface area contributed by atoms with Gasteiger partial charge >= 0.3 is 6.01 Å². The van der Waals surface area contributed by atoms with Crippen LogP contribution in [0, 0.1) is 6.01 Å². The molecule has 0 aliphatic heterocycles. The second-order valence-corrected chi connectivity index (χ2v) is 1.88. The zero-order chi connectivity index (χ0) is 6.85. The van der Waals surface area contributed by atoms with E-state index in [1.165, 1.54) is 0 Å². The monoisotopic (exact) mass is 149 g/mol. The molecule has 1 rings (SSSR count). The summed E-state index contributed by atoms with van der Waals surface area (Å²) in [6.45, 7) is 1.81. The first-order valence-corrected chi connectivity index (χ1v) is 2.92. The number of nitrogens with zero attached hydrogens (tertiary/aromatic N) is 1. The summed E-state index contributed by atoms with van der Waals surface area (Å²) >= 11 is 5.23. The number of aromatic nitrogens is 1. The second-order valence-electron chi connectivity index (χ2n) is 1.53. The topological polar surface area (TPSA) is 26.0 Å². The summed E-state index contributed by atoms with van der Waals surface area (Å²) in [6, 6.07) is -0.798. The van der Waals surface area contributed by atoms with Crippen LogP contribution in [0.5, 0.6) is 0 Å². The molecule has 0 fully saturated rings. The van der Waals surface area contributed by atoms with Gasteiger partial charge < -0.3 is 4.42 Å². The van der Waals surface area contributed by atoms with E-state index >= 15 is 0 Å². The van der Waals surface area contributed by atoms with Crippen LogP contribution in [0.25, 0.3) is 0 Å². The van der Waals surface area contributed by atoms with Gasteiger partial charge in [0.1, 0.15) is 0 Å². The molecule has 0 saturated carbocycles. The Morgan fingerprint density at radius 1 is 1.78 bits per heavy atom. The van der Waals surface area contributed by atoms with Crippen molar-refractivity contribution in [3.63, 3.8) is 0 Å². The van der Waals surface area contributed by atoms with Crippen LogP contribution in [0.2, 0.25) is 5.15 Å². The Hall–Kier alpha value is -0.570. The van der Waals surface area contributed by atoms with Crippen molar-refractivity contribution in [1.29, 1.82) is 0 Å². The van der Waals surface area contributed by atoms with Gasteiger partial charge in [-0.3, -0.25) is 0 Å². The first-order valence-electron chi connectivity index (χ1n) is 2.54. The Kier molecular flexibility index (Phi) is 1.71. The van der Waals surface area contributed by atoms with Crippen molar-refractivity contribution in [2.24, 2.45) is 0 Å². The molecular formula is C5H5ClFNO. The van der Waals surface area contributed by atoms with E-state index in [1.807, 2.05) is 6.92 Å². The van der Waals surface area contributed by atoms with Gasteiger partial charge in [0.05, 0.1) is 0 Å². The zero-order valence-electron chi connectivity index (χ0n) is 4.82. The van der Waals surface area contributed by atoms with Gasteiger partial charge in [-0.2, -0.15) is 9.37 Å². The predicted molar refractivity (Wildman–Crippen MR) is 30.8 cm³/mol. The second kappa shape index (κ2) is 2.35. The number of hydrogen-bond acceptors (Lipinski definition) is 2. The largest absolute Gasteiger partial charge is 0.414 e. The molecule has 0 amide bonds. The van der Waals surface area contributed by atoms with Gasteiger partial charge in [0, 0.05) is 6.42 Å². The van der Waals surface area contributed by atoms with Crippen LogP contribution in [0.4, 0.5) is 4.39 Å². The predicted octanol–water partition coefficient (Wildman–Crippen LogP) is 2.03. The standard InChI is InChI=1S/C5H5ClFNO/c1-2-3-8-4(6)5(7)9-3/h2H2,1H3. The van der Waals surface area contributed by atoms with E-state index in [9.17, 15) is 4.39 Å². The summed E-state index contributed by atoms with van der Waals surface area (Å²) in [5.41, 5.74) is 0. The average Bonchev–Trinajstić information content (AvgIpc) is 2.13. The Labute approximate surface area is 56.6 Å². The van der Waals surface area contributed by atoms with E-state index in [0.717, 1.165) is 0 Å². The van der Waals surface area contributed by atoms with Gasteiger partial charge in [0.2, 0.25) is 5.15 Å². The third-order valence-electron chi connectivity index (χ3n) is 0.895. The molecule has 0 saturated heterocycles. The van der Waals surface area contributed by atoms with Gasteiger partial charge in [-0.1, -0.05) is 18.5 Å². The minimum atomic E-state index is -0.798. The third-order valence-corrected chi connectivity index (χ3v) is 1.13. The lowest BCUT2D eigenvalue weighted by molar-refractivity contribution is 0.337. The van der Waals surface area contributed by atoms with E-state index < -0.39 is 6.01 Å². The molecule has 0 atom stereocenters. The maximum atomic E-state index is 12.2. The summed E-state index contributed by atoms with van der Waals surface area (Å²) in [4.78, 5) is 3.55. The molecule has 1 aromatic heterocycles. The third kappa shape index (κ3) is 1.21. The maximum Gasteiger partial charge on any atom is 0.317 e. The molecule has 0 aliphatic carbocycles. The smallest absolute Gasteiger partial charge is 0.317 e. The van der Waals surface area contributed by atoms with Crippen LogP contribution < -0.4 is 0 Å². The minimum absolute atomic E-state index is 0.188. The van der Waals surface area contributed by atoms with Crippen molar-refractivity contribution in [2.45, 2.75) is 13.3 Å². The lowest BCUT2D eigenvalue weighted by Gasteiger charge is -1.78. The summed E-state index contributed by atoms with van der Waals surface area (Å²) in [6.07, 6.45) is 0.559. The summed E-state index contributed by atoms with van der Waals surface area (Å²) in [5, 5.41) is -0.188. The number of hydrogen-bond donors (Lipinski definition) is 0. The molecule has 0 N–H and O–H groups in total. The van der Waals surface area contributed by atoms with E-state index in [2.05, 4.69) is 9.40 Å².